The molecular formula is C15H18N2O2S. The number of sulfone groups is 1. The van der Waals surface area contributed by atoms with Crippen LogP contribution in [0.15, 0.2) is 36.5 Å². The van der Waals surface area contributed by atoms with Crippen LogP contribution in [0, 0.1) is 0 Å². The molecule has 1 atom stereocenters. The first-order chi connectivity index (χ1) is 9.67. The summed E-state index contributed by atoms with van der Waals surface area (Å²) in [4.78, 5) is 4.33. The largest absolute Gasteiger partial charge is 0.311 e. The lowest BCUT2D eigenvalue weighted by molar-refractivity contribution is 0.574. The molecule has 1 fully saturated rings. The molecule has 0 saturated carbocycles. The molecule has 3 rings (SSSR count). The van der Waals surface area contributed by atoms with Gasteiger partial charge in [-0.2, -0.15) is 0 Å². The third-order valence-corrected chi connectivity index (χ3v) is 6.17. The van der Waals surface area contributed by atoms with Crippen molar-refractivity contribution in [3.05, 3.63) is 42.1 Å². The molecule has 2 heterocycles. The van der Waals surface area contributed by atoms with E-state index in [-0.39, 0.29) is 5.25 Å². The van der Waals surface area contributed by atoms with Gasteiger partial charge in [0.1, 0.15) is 0 Å². The predicted molar refractivity (Wildman–Crippen MR) is 80.3 cm³/mol. The van der Waals surface area contributed by atoms with Crippen molar-refractivity contribution in [3.8, 4) is 0 Å². The zero-order chi connectivity index (χ0) is 14.0. The van der Waals surface area contributed by atoms with Crippen molar-refractivity contribution in [3.63, 3.8) is 0 Å². The first-order valence-corrected chi connectivity index (χ1v) is 8.63. The fourth-order valence-corrected chi connectivity index (χ4v) is 4.56. The van der Waals surface area contributed by atoms with Gasteiger partial charge in [0, 0.05) is 24.7 Å². The van der Waals surface area contributed by atoms with E-state index >= 15 is 0 Å². The number of nitrogens with zero attached hydrogens (tertiary/aromatic N) is 1. The van der Waals surface area contributed by atoms with Crippen molar-refractivity contribution in [2.75, 3.05) is 12.3 Å². The maximum atomic E-state index is 11.8. The van der Waals surface area contributed by atoms with Gasteiger partial charge < -0.3 is 5.32 Å². The normalized spacial score (nSPS) is 21.3. The molecule has 20 heavy (non-hydrogen) atoms. The summed E-state index contributed by atoms with van der Waals surface area (Å²) in [6.45, 7) is 1.22. The first-order valence-electron chi connectivity index (χ1n) is 6.92. The minimum Gasteiger partial charge on any atom is -0.311 e. The monoisotopic (exact) mass is 290 g/mol. The maximum absolute atomic E-state index is 11.8. The van der Waals surface area contributed by atoms with E-state index in [1.165, 1.54) is 0 Å². The Morgan fingerprint density at radius 3 is 2.90 bits per heavy atom. The van der Waals surface area contributed by atoms with Gasteiger partial charge in [-0.1, -0.05) is 18.2 Å². The summed E-state index contributed by atoms with van der Waals surface area (Å²) in [5, 5.41) is 4.19. The fourth-order valence-electron chi connectivity index (χ4n) is 2.76. The molecule has 0 radical (unpaired) electrons. The van der Waals surface area contributed by atoms with E-state index in [0.29, 0.717) is 18.8 Å². The van der Waals surface area contributed by atoms with Gasteiger partial charge in [0.2, 0.25) is 0 Å². The highest BCUT2D eigenvalue weighted by molar-refractivity contribution is 7.92. The summed E-state index contributed by atoms with van der Waals surface area (Å²) in [5.74, 6) is 0.345. The molecule has 1 unspecified atom stereocenters. The SMILES string of the molecule is O=S1(=O)CCCC1CNCc1ccnc2ccccc12. The van der Waals surface area contributed by atoms with Crippen molar-refractivity contribution in [2.45, 2.75) is 24.6 Å². The highest BCUT2D eigenvalue weighted by Crippen LogP contribution is 2.20. The fraction of sp³-hybridized carbons (Fsp3) is 0.400. The average Bonchev–Trinajstić information content (AvgIpc) is 2.78. The van der Waals surface area contributed by atoms with E-state index in [1.807, 2.05) is 30.3 Å². The van der Waals surface area contributed by atoms with Crippen LogP contribution >= 0.6 is 0 Å². The summed E-state index contributed by atoms with van der Waals surface area (Å²) in [6.07, 6.45) is 3.38. The Hall–Kier alpha value is -1.46. The quantitative estimate of drug-likeness (QED) is 0.934. The van der Waals surface area contributed by atoms with E-state index in [1.54, 1.807) is 6.20 Å². The minimum atomic E-state index is -2.86. The minimum absolute atomic E-state index is 0.212. The molecule has 2 aromatic rings. The van der Waals surface area contributed by atoms with Gasteiger partial charge in [-0.3, -0.25) is 4.98 Å². The summed E-state index contributed by atoms with van der Waals surface area (Å²) in [7, 11) is -2.86. The summed E-state index contributed by atoms with van der Waals surface area (Å²) < 4.78 is 23.5. The molecule has 1 aromatic heterocycles. The van der Waals surface area contributed by atoms with Crippen molar-refractivity contribution in [1.82, 2.24) is 10.3 Å². The molecule has 1 saturated heterocycles. The number of rotatable bonds is 4. The lowest BCUT2D eigenvalue weighted by Crippen LogP contribution is -2.30. The molecule has 1 aliphatic rings. The van der Waals surface area contributed by atoms with Crippen LogP contribution in [0.5, 0.6) is 0 Å². The molecule has 106 valence electrons. The van der Waals surface area contributed by atoms with Crippen LogP contribution in [0.25, 0.3) is 10.9 Å². The van der Waals surface area contributed by atoms with Gasteiger partial charge in [0.05, 0.1) is 16.5 Å². The van der Waals surface area contributed by atoms with E-state index < -0.39 is 9.84 Å². The second kappa shape index (κ2) is 5.50. The standard InChI is InChI=1S/C15H18N2O2S/c18-20(19)9-3-4-13(20)11-16-10-12-7-8-17-15-6-2-1-5-14(12)15/h1-2,5-8,13,16H,3-4,9-11H2. The number of benzene rings is 1. The van der Waals surface area contributed by atoms with Crippen LogP contribution in [-0.2, 0) is 16.4 Å². The molecule has 1 N–H and O–H groups in total. The Labute approximate surface area is 119 Å². The zero-order valence-electron chi connectivity index (χ0n) is 11.2. The van der Waals surface area contributed by atoms with Crippen LogP contribution in [0.4, 0.5) is 0 Å². The van der Waals surface area contributed by atoms with E-state index in [9.17, 15) is 8.42 Å². The van der Waals surface area contributed by atoms with Gasteiger partial charge in [0.15, 0.2) is 9.84 Å². The first kappa shape index (κ1) is 13.5. The second-order valence-electron chi connectivity index (χ2n) is 5.25. The number of hydrogen-bond donors (Lipinski definition) is 1. The molecule has 1 aliphatic heterocycles. The average molecular weight is 290 g/mol. The van der Waals surface area contributed by atoms with Gasteiger partial charge in [-0.15, -0.1) is 0 Å². The van der Waals surface area contributed by atoms with Crippen molar-refractivity contribution < 1.29 is 8.42 Å². The Bertz CT molecular complexity index is 707. The lowest BCUT2D eigenvalue weighted by atomic mass is 10.1. The summed E-state index contributed by atoms with van der Waals surface area (Å²) >= 11 is 0. The smallest absolute Gasteiger partial charge is 0.154 e. The van der Waals surface area contributed by atoms with E-state index in [4.69, 9.17) is 0 Å². The van der Waals surface area contributed by atoms with Gasteiger partial charge in [0.25, 0.3) is 0 Å². The maximum Gasteiger partial charge on any atom is 0.154 e. The molecule has 0 bridgehead atoms. The van der Waals surface area contributed by atoms with Gasteiger partial charge in [-0.25, -0.2) is 8.42 Å². The van der Waals surface area contributed by atoms with Crippen LogP contribution in [0.3, 0.4) is 0 Å². The molecule has 1 aromatic carbocycles. The number of pyridine rings is 1. The van der Waals surface area contributed by atoms with Gasteiger partial charge >= 0.3 is 0 Å². The van der Waals surface area contributed by atoms with Crippen molar-refractivity contribution >= 4 is 20.7 Å². The third kappa shape index (κ3) is 2.69. The Morgan fingerprint density at radius 2 is 2.10 bits per heavy atom. The van der Waals surface area contributed by atoms with Crippen LogP contribution in [0.2, 0.25) is 0 Å². The number of aromatic nitrogens is 1. The molecule has 4 nitrogen and oxygen atoms in total. The van der Waals surface area contributed by atoms with Crippen LogP contribution in [0.1, 0.15) is 18.4 Å². The van der Waals surface area contributed by atoms with E-state index in [2.05, 4.69) is 10.3 Å². The van der Waals surface area contributed by atoms with Gasteiger partial charge in [-0.05, 0) is 30.5 Å². The third-order valence-electron chi connectivity index (χ3n) is 3.89. The second-order valence-corrected chi connectivity index (χ2v) is 7.65. The number of nitrogens with one attached hydrogen (secondary N) is 1. The van der Waals surface area contributed by atoms with Crippen LogP contribution in [-0.4, -0.2) is 30.9 Å². The summed E-state index contributed by atoms with van der Waals surface area (Å²) in [6, 6.07) is 9.98. The topological polar surface area (TPSA) is 59.1 Å². The molecule has 0 aliphatic carbocycles. The molecule has 0 spiro atoms. The Balaban J connectivity index is 1.69. The highest BCUT2D eigenvalue weighted by Gasteiger charge is 2.30. The molecular weight excluding hydrogens is 272 g/mol. The highest BCUT2D eigenvalue weighted by atomic mass is 32.2. The Kier molecular flexibility index (Phi) is 3.72. The summed E-state index contributed by atoms with van der Waals surface area (Å²) in [5.41, 5.74) is 2.13. The zero-order valence-corrected chi connectivity index (χ0v) is 12.1. The van der Waals surface area contributed by atoms with Crippen molar-refractivity contribution in [1.29, 1.82) is 0 Å². The number of fused-ring (bicyclic) bond motifs is 1. The predicted octanol–water partition coefficient (Wildman–Crippen LogP) is 1.90. The molecule has 0 amide bonds. The van der Waals surface area contributed by atoms with Crippen molar-refractivity contribution in [2.24, 2.45) is 0 Å². The Morgan fingerprint density at radius 1 is 1.25 bits per heavy atom. The number of para-hydroxylation sites is 1. The van der Waals surface area contributed by atoms with Crippen LogP contribution < -0.4 is 5.32 Å². The molecule has 5 heteroatoms. The van der Waals surface area contributed by atoms with E-state index in [0.717, 1.165) is 29.3 Å². The number of hydrogen-bond acceptors (Lipinski definition) is 4. The lowest BCUT2D eigenvalue weighted by Gasteiger charge is -2.11.